The van der Waals surface area contributed by atoms with E-state index in [0.717, 1.165) is 5.56 Å². The highest BCUT2D eigenvalue weighted by molar-refractivity contribution is 5.16. The van der Waals surface area contributed by atoms with Crippen LogP contribution in [0.15, 0.2) is 30.3 Å². The van der Waals surface area contributed by atoms with Crippen LogP contribution in [0.4, 0.5) is 0 Å². The molecule has 0 radical (unpaired) electrons. The van der Waals surface area contributed by atoms with Gasteiger partial charge in [-0.25, -0.2) is 0 Å². The fraction of sp³-hybridized carbons (Fsp3) is 0.700. The fourth-order valence-electron chi connectivity index (χ4n) is 4.04. The Morgan fingerprint density at radius 2 is 1.61 bits per heavy atom. The number of aliphatic hydroxyl groups is 5. The molecule has 0 spiro atoms. The van der Waals surface area contributed by atoms with Crippen LogP contribution in [0.2, 0.25) is 0 Å². The molecule has 0 amide bonds. The number of methoxy groups -OCH3 is 1. The summed E-state index contributed by atoms with van der Waals surface area (Å²) < 4.78 is 33.3. The van der Waals surface area contributed by atoms with Crippen molar-refractivity contribution in [1.82, 2.24) is 0 Å². The zero-order valence-corrected chi connectivity index (χ0v) is 16.8. The summed E-state index contributed by atoms with van der Waals surface area (Å²) in [5.74, 6) is 0. The third kappa shape index (κ3) is 4.49. The minimum atomic E-state index is -1.53. The van der Waals surface area contributed by atoms with Gasteiger partial charge < -0.3 is 54.0 Å². The molecule has 1 aromatic carbocycles. The number of ether oxygens (including phenoxy) is 6. The topological polar surface area (TPSA) is 157 Å². The summed E-state index contributed by atoms with van der Waals surface area (Å²) in [7, 11) is 1.28. The molecule has 0 aromatic heterocycles. The van der Waals surface area contributed by atoms with Gasteiger partial charge in [0, 0.05) is 12.7 Å². The van der Waals surface area contributed by atoms with E-state index in [1.165, 1.54) is 7.11 Å². The van der Waals surface area contributed by atoms with Gasteiger partial charge in [0.1, 0.15) is 48.8 Å². The molecule has 3 heterocycles. The maximum atomic E-state index is 10.7. The van der Waals surface area contributed by atoms with Crippen molar-refractivity contribution in [3.8, 4) is 0 Å². The Bertz CT molecular complexity index is 702. The molecule has 0 bridgehead atoms. The Hall–Kier alpha value is -1.22. The number of benzene rings is 1. The van der Waals surface area contributed by atoms with Crippen molar-refractivity contribution in [2.75, 3.05) is 20.3 Å². The van der Waals surface area contributed by atoms with E-state index in [4.69, 9.17) is 28.4 Å². The van der Waals surface area contributed by atoms with E-state index in [2.05, 4.69) is 0 Å². The lowest BCUT2D eigenvalue weighted by atomic mass is 9.96. The standard InChI is InChI=1S/C20H28O11/c1-26-19-14(24)12(22)16(10(7-21)28-19)31-20-15(25)13(23)17-11(29-20)8-27-18(30-17)9-5-3-2-4-6-9/h2-6,10-25H,7-8H2,1H3/t10-,11-,12-,13+,14-,15-,16-,17+,18-,19-,20+/m1/s1. The van der Waals surface area contributed by atoms with Crippen LogP contribution in [0.3, 0.4) is 0 Å². The van der Waals surface area contributed by atoms with Crippen molar-refractivity contribution in [2.24, 2.45) is 0 Å². The van der Waals surface area contributed by atoms with Crippen LogP contribution in [0.1, 0.15) is 11.9 Å². The van der Waals surface area contributed by atoms with E-state index in [9.17, 15) is 25.5 Å². The number of fused-ring (bicyclic) bond motifs is 1. The maximum Gasteiger partial charge on any atom is 0.187 e. The van der Waals surface area contributed by atoms with Crippen LogP contribution < -0.4 is 0 Å². The second kappa shape index (κ2) is 9.73. The molecule has 5 N–H and O–H groups in total. The molecule has 0 unspecified atom stereocenters. The SMILES string of the molecule is CO[C@@H]1O[C@H](CO)[C@@H](O[C@@H]2O[C@@H]3CO[C@@H](c4ccccc4)O[C@@H]3[C@@H](O)[C@H]2O)[C@H](O)[C@H]1O. The smallest absolute Gasteiger partial charge is 0.187 e. The first-order chi connectivity index (χ1) is 14.9. The Morgan fingerprint density at radius 1 is 0.903 bits per heavy atom. The minimum absolute atomic E-state index is 0.0649. The number of rotatable bonds is 5. The molecule has 31 heavy (non-hydrogen) atoms. The van der Waals surface area contributed by atoms with Gasteiger partial charge >= 0.3 is 0 Å². The molecular weight excluding hydrogens is 416 g/mol. The molecule has 3 aliphatic rings. The highest BCUT2D eigenvalue weighted by Crippen LogP contribution is 2.35. The van der Waals surface area contributed by atoms with Crippen molar-refractivity contribution in [3.63, 3.8) is 0 Å². The number of aliphatic hydroxyl groups excluding tert-OH is 5. The molecule has 11 heteroatoms. The van der Waals surface area contributed by atoms with E-state index in [0.29, 0.717) is 0 Å². The van der Waals surface area contributed by atoms with Gasteiger partial charge in [-0.15, -0.1) is 0 Å². The van der Waals surface area contributed by atoms with Crippen molar-refractivity contribution in [2.45, 2.75) is 67.7 Å². The molecule has 0 aliphatic carbocycles. The normalized spacial score (nSPS) is 45.8. The van der Waals surface area contributed by atoms with E-state index in [1.54, 1.807) is 0 Å². The Balaban J connectivity index is 1.44. The number of hydrogen-bond donors (Lipinski definition) is 5. The van der Waals surface area contributed by atoms with E-state index in [1.807, 2.05) is 30.3 Å². The first-order valence-electron chi connectivity index (χ1n) is 10.1. The van der Waals surface area contributed by atoms with Gasteiger partial charge in [-0.05, 0) is 0 Å². The summed E-state index contributed by atoms with van der Waals surface area (Å²) in [5.41, 5.74) is 0.760. The van der Waals surface area contributed by atoms with Gasteiger partial charge in [0.05, 0.1) is 13.2 Å². The Morgan fingerprint density at radius 3 is 2.29 bits per heavy atom. The van der Waals surface area contributed by atoms with E-state index >= 15 is 0 Å². The average molecular weight is 444 g/mol. The molecule has 0 saturated carbocycles. The summed E-state index contributed by atoms with van der Waals surface area (Å²) in [5, 5.41) is 51.4. The van der Waals surface area contributed by atoms with Crippen molar-refractivity contribution in [3.05, 3.63) is 35.9 Å². The van der Waals surface area contributed by atoms with Gasteiger partial charge in [-0.1, -0.05) is 30.3 Å². The summed E-state index contributed by atoms with van der Waals surface area (Å²) >= 11 is 0. The molecule has 174 valence electrons. The van der Waals surface area contributed by atoms with Crippen LogP contribution in [0.25, 0.3) is 0 Å². The quantitative estimate of drug-likeness (QED) is 0.343. The molecule has 3 saturated heterocycles. The lowest BCUT2D eigenvalue weighted by molar-refractivity contribution is -0.385. The second-order valence-corrected chi connectivity index (χ2v) is 7.74. The molecule has 1 aromatic rings. The first kappa shape index (κ1) is 23.0. The van der Waals surface area contributed by atoms with Gasteiger partial charge in [-0.3, -0.25) is 0 Å². The van der Waals surface area contributed by atoms with E-state index < -0.39 is 74.3 Å². The van der Waals surface area contributed by atoms with Crippen molar-refractivity contribution in [1.29, 1.82) is 0 Å². The van der Waals surface area contributed by atoms with Crippen molar-refractivity contribution >= 4 is 0 Å². The summed E-state index contributed by atoms with van der Waals surface area (Å²) in [6.07, 6.45) is -13.1. The molecule has 4 rings (SSSR count). The lowest BCUT2D eigenvalue weighted by Gasteiger charge is -2.48. The second-order valence-electron chi connectivity index (χ2n) is 7.74. The maximum absolute atomic E-state index is 10.7. The lowest BCUT2D eigenvalue weighted by Crippen LogP contribution is -2.65. The summed E-state index contributed by atoms with van der Waals surface area (Å²) in [6, 6.07) is 9.16. The van der Waals surface area contributed by atoms with Crippen LogP contribution in [-0.2, 0) is 28.4 Å². The van der Waals surface area contributed by atoms with Gasteiger partial charge in [0.15, 0.2) is 18.9 Å². The highest BCUT2D eigenvalue weighted by atomic mass is 16.8. The molecular formula is C20H28O11. The average Bonchev–Trinajstić information content (AvgIpc) is 2.80. The molecule has 11 nitrogen and oxygen atoms in total. The third-order valence-corrected chi connectivity index (χ3v) is 5.75. The summed E-state index contributed by atoms with van der Waals surface area (Å²) in [4.78, 5) is 0. The van der Waals surface area contributed by atoms with Gasteiger partial charge in [-0.2, -0.15) is 0 Å². The minimum Gasteiger partial charge on any atom is -0.394 e. The van der Waals surface area contributed by atoms with Crippen LogP contribution >= 0.6 is 0 Å². The zero-order valence-electron chi connectivity index (χ0n) is 16.8. The first-order valence-corrected chi connectivity index (χ1v) is 10.1. The van der Waals surface area contributed by atoms with Gasteiger partial charge in [0.2, 0.25) is 0 Å². The predicted molar refractivity (Wildman–Crippen MR) is 100 cm³/mol. The van der Waals surface area contributed by atoms with E-state index in [-0.39, 0.29) is 6.61 Å². The van der Waals surface area contributed by atoms with Crippen LogP contribution in [0.5, 0.6) is 0 Å². The Labute approximate surface area is 178 Å². The molecule has 11 atom stereocenters. The van der Waals surface area contributed by atoms with Crippen LogP contribution in [0, 0.1) is 0 Å². The van der Waals surface area contributed by atoms with Gasteiger partial charge in [0.25, 0.3) is 0 Å². The molecule has 3 fully saturated rings. The largest absolute Gasteiger partial charge is 0.394 e. The molecule has 3 aliphatic heterocycles. The Kier molecular flexibility index (Phi) is 7.20. The monoisotopic (exact) mass is 444 g/mol. The predicted octanol–water partition coefficient (Wildman–Crippen LogP) is -1.98. The number of hydrogen-bond acceptors (Lipinski definition) is 11. The highest BCUT2D eigenvalue weighted by Gasteiger charge is 2.52. The fourth-order valence-corrected chi connectivity index (χ4v) is 4.04. The third-order valence-electron chi connectivity index (χ3n) is 5.75. The van der Waals surface area contributed by atoms with Crippen molar-refractivity contribution < 1.29 is 54.0 Å². The van der Waals surface area contributed by atoms with Crippen LogP contribution in [-0.4, -0.2) is 107 Å². The summed E-state index contributed by atoms with van der Waals surface area (Å²) in [6.45, 7) is -0.480. The zero-order chi connectivity index (χ0) is 22.1.